The van der Waals surface area contributed by atoms with E-state index in [2.05, 4.69) is 41.4 Å². The van der Waals surface area contributed by atoms with Crippen molar-refractivity contribution in [1.29, 1.82) is 0 Å². The van der Waals surface area contributed by atoms with E-state index in [0.717, 1.165) is 25.9 Å². The number of ether oxygens (including phenoxy) is 1. The van der Waals surface area contributed by atoms with Gasteiger partial charge in [-0.2, -0.15) is 0 Å². The van der Waals surface area contributed by atoms with Crippen LogP contribution in [-0.4, -0.2) is 24.4 Å². The SMILES string of the molecule is C=C(C)C(=O)OCCCCCCCC[n+]1ccn(CCCCCC)c1.F[B-](F)(F)F. The first-order chi connectivity index (χ1) is 14.1. The molecule has 4 nitrogen and oxygen atoms in total. The molecule has 0 aliphatic heterocycles. The van der Waals surface area contributed by atoms with Crippen LogP contribution in [0.5, 0.6) is 0 Å². The highest BCUT2D eigenvalue weighted by Crippen LogP contribution is 2.07. The average molecular weight is 436 g/mol. The van der Waals surface area contributed by atoms with Crippen molar-refractivity contribution in [2.75, 3.05) is 6.61 Å². The lowest BCUT2D eigenvalue weighted by Crippen LogP contribution is -2.30. The van der Waals surface area contributed by atoms with Crippen LogP contribution in [0.4, 0.5) is 17.3 Å². The van der Waals surface area contributed by atoms with Gasteiger partial charge in [0.2, 0.25) is 6.33 Å². The molecule has 0 unspecified atom stereocenters. The number of rotatable bonds is 15. The van der Waals surface area contributed by atoms with Crippen LogP contribution in [-0.2, 0) is 22.6 Å². The zero-order chi connectivity index (χ0) is 22.8. The van der Waals surface area contributed by atoms with Crippen molar-refractivity contribution in [3.05, 3.63) is 30.9 Å². The van der Waals surface area contributed by atoms with Crippen molar-refractivity contribution < 1.29 is 31.4 Å². The molecule has 1 rings (SSSR count). The van der Waals surface area contributed by atoms with E-state index in [-0.39, 0.29) is 5.97 Å². The molecule has 174 valence electrons. The van der Waals surface area contributed by atoms with Gasteiger partial charge < -0.3 is 22.0 Å². The Kier molecular flexibility index (Phi) is 15.9. The Morgan fingerprint density at radius 2 is 1.57 bits per heavy atom. The zero-order valence-corrected chi connectivity index (χ0v) is 18.4. The molecule has 0 spiro atoms. The summed E-state index contributed by atoms with van der Waals surface area (Å²) >= 11 is 0. The first kappa shape index (κ1) is 28.2. The summed E-state index contributed by atoms with van der Waals surface area (Å²) in [5.41, 5.74) is 0.479. The molecule has 1 aromatic heterocycles. The highest BCUT2D eigenvalue weighted by Gasteiger charge is 2.20. The molecule has 0 N–H and O–H groups in total. The lowest BCUT2D eigenvalue weighted by molar-refractivity contribution is -0.696. The van der Waals surface area contributed by atoms with Crippen LogP contribution in [0.3, 0.4) is 0 Å². The van der Waals surface area contributed by atoms with Gasteiger partial charge in [-0.1, -0.05) is 45.6 Å². The first-order valence-electron chi connectivity index (χ1n) is 10.9. The van der Waals surface area contributed by atoms with Gasteiger partial charge in [0.25, 0.3) is 0 Å². The minimum atomic E-state index is -6.00. The van der Waals surface area contributed by atoms with Gasteiger partial charge in [0.15, 0.2) is 0 Å². The van der Waals surface area contributed by atoms with Crippen molar-refractivity contribution in [2.24, 2.45) is 0 Å². The summed E-state index contributed by atoms with van der Waals surface area (Å²) in [5.74, 6) is -0.269. The van der Waals surface area contributed by atoms with Gasteiger partial charge >= 0.3 is 13.2 Å². The Labute approximate surface area is 178 Å². The third kappa shape index (κ3) is 19.5. The summed E-state index contributed by atoms with van der Waals surface area (Å²) < 4.78 is 48.7. The van der Waals surface area contributed by atoms with Crippen LogP contribution >= 0.6 is 0 Å². The smallest absolute Gasteiger partial charge is 0.462 e. The lowest BCUT2D eigenvalue weighted by Gasteiger charge is -2.04. The number of carbonyl (C=O) groups is 1. The topological polar surface area (TPSA) is 35.1 Å². The second-order valence-electron chi connectivity index (χ2n) is 7.48. The Hall–Kier alpha value is -1.80. The molecule has 0 amide bonds. The largest absolute Gasteiger partial charge is 0.673 e. The van der Waals surface area contributed by atoms with E-state index < -0.39 is 7.25 Å². The van der Waals surface area contributed by atoms with Gasteiger partial charge in [0.05, 0.1) is 19.7 Å². The maximum absolute atomic E-state index is 11.2. The number of halogens is 4. The second kappa shape index (κ2) is 16.9. The Morgan fingerprint density at radius 1 is 1.00 bits per heavy atom. The number of nitrogens with zero attached hydrogens (tertiary/aromatic N) is 2. The minimum Gasteiger partial charge on any atom is -0.462 e. The van der Waals surface area contributed by atoms with Gasteiger partial charge in [-0.3, -0.25) is 0 Å². The van der Waals surface area contributed by atoms with Crippen molar-refractivity contribution in [3.63, 3.8) is 0 Å². The van der Waals surface area contributed by atoms with Gasteiger partial charge in [-0.15, -0.1) is 0 Å². The van der Waals surface area contributed by atoms with Crippen molar-refractivity contribution in [2.45, 2.75) is 91.1 Å². The third-order valence-corrected chi connectivity index (χ3v) is 4.41. The summed E-state index contributed by atoms with van der Waals surface area (Å²) in [6.07, 6.45) is 18.9. The van der Waals surface area contributed by atoms with Crippen LogP contribution in [0.15, 0.2) is 30.9 Å². The molecule has 0 saturated carbocycles. The number of hydrogen-bond acceptors (Lipinski definition) is 2. The molecule has 0 aromatic carbocycles. The molecule has 0 aliphatic rings. The molecular weight excluding hydrogens is 399 g/mol. The standard InChI is InChI=1S/C21H37N2O2.BF4/c1-4-5-6-11-14-22-16-17-23(19-22)15-12-9-7-8-10-13-18-25-21(24)20(2)3;2-1(3,4)5/h16-17,19H,2,4-15,18H2,1,3H3;/q+1;-1. The van der Waals surface area contributed by atoms with Crippen LogP contribution in [0.1, 0.15) is 78.1 Å². The van der Waals surface area contributed by atoms with E-state index in [1.54, 1.807) is 6.92 Å². The Balaban J connectivity index is 0.00000150. The first-order valence-corrected chi connectivity index (χ1v) is 10.9. The number of carbonyl (C=O) groups excluding carboxylic acids is 1. The average Bonchev–Trinajstić information content (AvgIpc) is 3.10. The number of aromatic nitrogens is 2. The fourth-order valence-electron chi connectivity index (χ4n) is 2.82. The fraction of sp³-hybridized carbons (Fsp3) is 0.714. The number of imidazole rings is 1. The third-order valence-electron chi connectivity index (χ3n) is 4.41. The van der Waals surface area contributed by atoms with Crippen LogP contribution in [0.2, 0.25) is 0 Å². The predicted molar refractivity (Wildman–Crippen MR) is 112 cm³/mol. The zero-order valence-electron chi connectivity index (χ0n) is 18.4. The summed E-state index contributed by atoms with van der Waals surface area (Å²) in [6.45, 7) is 10.3. The molecule has 0 atom stereocenters. The summed E-state index contributed by atoms with van der Waals surface area (Å²) in [6, 6.07) is 0. The van der Waals surface area contributed by atoms with E-state index in [0.29, 0.717) is 12.2 Å². The Morgan fingerprint density at radius 3 is 2.17 bits per heavy atom. The number of hydrogen-bond donors (Lipinski definition) is 0. The second-order valence-corrected chi connectivity index (χ2v) is 7.48. The molecular formula is C21H37BF4N2O2. The highest BCUT2D eigenvalue weighted by atomic mass is 19.5. The van der Waals surface area contributed by atoms with E-state index in [9.17, 15) is 22.1 Å². The number of aryl methyl sites for hydroxylation is 2. The molecule has 0 aliphatic carbocycles. The number of unbranched alkanes of at least 4 members (excludes halogenated alkanes) is 8. The maximum atomic E-state index is 11.2. The molecule has 9 heteroatoms. The van der Waals surface area contributed by atoms with Crippen molar-refractivity contribution in [3.8, 4) is 0 Å². The van der Waals surface area contributed by atoms with Gasteiger partial charge in [-0.05, 0) is 39.0 Å². The molecule has 0 bridgehead atoms. The highest BCUT2D eigenvalue weighted by molar-refractivity contribution is 6.50. The summed E-state index contributed by atoms with van der Waals surface area (Å²) in [7, 11) is -6.00. The van der Waals surface area contributed by atoms with Crippen LogP contribution in [0, 0.1) is 0 Å². The summed E-state index contributed by atoms with van der Waals surface area (Å²) in [4.78, 5) is 11.2. The fourth-order valence-corrected chi connectivity index (χ4v) is 2.82. The van der Waals surface area contributed by atoms with E-state index in [1.807, 2.05) is 0 Å². The van der Waals surface area contributed by atoms with Gasteiger partial charge in [-0.25, -0.2) is 13.9 Å². The maximum Gasteiger partial charge on any atom is 0.673 e. The van der Waals surface area contributed by atoms with Crippen molar-refractivity contribution in [1.82, 2.24) is 4.57 Å². The molecule has 0 saturated heterocycles. The molecule has 0 fully saturated rings. The number of esters is 1. The van der Waals surface area contributed by atoms with Gasteiger partial charge in [0.1, 0.15) is 12.4 Å². The molecule has 30 heavy (non-hydrogen) atoms. The normalized spacial score (nSPS) is 11.0. The molecule has 0 radical (unpaired) electrons. The predicted octanol–water partition coefficient (Wildman–Crippen LogP) is 6.12. The van der Waals surface area contributed by atoms with Gasteiger partial charge in [0, 0.05) is 5.57 Å². The van der Waals surface area contributed by atoms with E-state index >= 15 is 0 Å². The van der Waals surface area contributed by atoms with Crippen LogP contribution in [0.25, 0.3) is 0 Å². The van der Waals surface area contributed by atoms with Crippen molar-refractivity contribution >= 4 is 13.2 Å². The van der Waals surface area contributed by atoms with Crippen LogP contribution < -0.4 is 4.57 Å². The monoisotopic (exact) mass is 436 g/mol. The van der Waals surface area contributed by atoms with E-state index in [4.69, 9.17) is 4.74 Å². The Bertz CT molecular complexity index is 586. The minimum absolute atomic E-state index is 0.269. The summed E-state index contributed by atoms with van der Waals surface area (Å²) in [5, 5.41) is 0. The molecule has 1 heterocycles. The lowest BCUT2D eigenvalue weighted by atomic mass is 10.1. The van der Waals surface area contributed by atoms with E-state index in [1.165, 1.54) is 51.4 Å². The molecule has 1 aromatic rings. The quantitative estimate of drug-likeness (QED) is 0.0830.